The molecule has 2 unspecified atom stereocenters. The summed E-state index contributed by atoms with van der Waals surface area (Å²) in [5.74, 6) is 0.227. The highest BCUT2D eigenvalue weighted by Gasteiger charge is 2.35. The first kappa shape index (κ1) is 12.0. The summed E-state index contributed by atoms with van der Waals surface area (Å²) in [5.41, 5.74) is -0.458. The summed E-state index contributed by atoms with van der Waals surface area (Å²) in [4.78, 5) is 0. The Labute approximate surface area is 86.4 Å². The van der Waals surface area contributed by atoms with Gasteiger partial charge in [-0.05, 0) is 33.6 Å². The molecule has 0 aromatic carbocycles. The average molecular weight is 202 g/mol. The quantitative estimate of drug-likeness (QED) is 0.752. The van der Waals surface area contributed by atoms with Crippen LogP contribution in [0.15, 0.2) is 0 Å². The SMILES string of the molecule is CCOC(C)(C)C(O)C1CCCOC1. The lowest BCUT2D eigenvalue weighted by atomic mass is 9.86. The van der Waals surface area contributed by atoms with Crippen molar-refractivity contribution >= 4 is 0 Å². The van der Waals surface area contributed by atoms with E-state index >= 15 is 0 Å². The molecule has 3 heteroatoms. The maximum Gasteiger partial charge on any atom is 0.0887 e. The van der Waals surface area contributed by atoms with Crippen molar-refractivity contribution in [2.24, 2.45) is 5.92 Å². The third kappa shape index (κ3) is 2.94. The van der Waals surface area contributed by atoms with E-state index in [1.54, 1.807) is 0 Å². The minimum atomic E-state index is -0.458. The summed E-state index contributed by atoms with van der Waals surface area (Å²) in [5, 5.41) is 10.1. The molecule has 1 fully saturated rings. The van der Waals surface area contributed by atoms with Crippen LogP contribution in [0.2, 0.25) is 0 Å². The Bertz CT molecular complexity index is 162. The molecule has 0 spiro atoms. The Hall–Kier alpha value is -0.120. The molecule has 1 heterocycles. The third-order valence-electron chi connectivity index (χ3n) is 2.87. The molecular formula is C11H22O3. The van der Waals surface area contributed by atoms with Gasteiger partial charge in [-0.2, -0.15) is 0 Å². The molecule has 3 nitrogen and oxygen atoms in total. The highest BCUT2D eigenvalue weighted by molar-refractivity contribution is 4.85. The number of ether oxygens (including phenoxy) is 2. The molecule has 0 aromatic rings. The Morgan fingerprint density at radius 1 is 1.57 bits per heavy atom. The van der Waals surface area contributed by atoms with Crippen molar-refractivity contribution in [2.45, 2.75) is 45.3 Å². The Kier molecular flexibility index (Phi) is 4.35. The van der Waals surface area contributed by atoms with Crippen LogP contribution in [0, 0.1) is 5.92 Å². The molecular weight excluding hydrogens is 180 g/mol. The van der Waals surface area contributed by atoms with Gasteiger partial charge in [0.1, 0.15) is 0 Å². The van der Waals surface area contributed by atoms with Gasteiger partial charge in [0.15, 0.2) is 0 Å². The lowest BCUT2D eigenvalue weighted by Gasteiger charge is -2.37. The smallest absolute Gasteiger partial charge is 0.0887 e. The van der Waals surface area contributed by atoms with Gasteiger partial charge in [0.05, 0.1) is 18.3 Å². The summed E-state index contributed by atoms with van der Waals surface area (Å²) < 4.78 is 10.9. The fraction of sp³-hybridized carbons (Fsp3) is 1.00. The lowest BCUT2D eigenvalue weighted by Crippen LogP contribution is -2.46. The van der Waals surface area contributed by atoms with E-state index in [0.717, 1.165) is 19.4 Å². The fourth-order valence-electron chi connectivity index (χ4n) is 2.04. The number of aliphatic hydroxyl groups excluding tert-OH is 1. The maximum atomic E-state index is 10.1. The van der Waals surface area contributed by atoms with Crippen molar-refractivity contribution in [1.82, 2.24) is 0 Å². The zero-order valence-electron chi connectivity index (χ0n) is 9.45. The second kappa shape index (κ2) is 5.10. The number of hydrogen-bond acceptors (Lipinski definition) is 3. The van der Waals surface area contributed by atoms with Gasteiger partial charge in [-0.25, -0.2) is 0 Å². The van der Waals surface area contributed by atoms with E-state index in [9.17, 15) is 5.11 Å². The van der Waals surface area contributed by atoms with Crippen LogP contribution in [0.25, 0.3) is 0 Å². The monoisotopic (exact) mass is 202 g/mol. The highest BCUT2D eigenvalue weighted by atomic mass is 16.5. The van der Waals surface area contributed by atoms with Gasteiger partial charge in [-0.1, -0.05) is 0 Å². The van der Waals surface area contributed by atoms with E-state index in [1.165, 1.54) is 0 Å². The third-order valence-corrected chi connectivity index (χ3v) is 2.87. The highest BCUT2D eigenvalue weighted by Crippen LogP contribution is 2.27. The Morgan fingerprint density at radius 3 is 2.79 bits per heavy atom. The van der Waals surface area contributed by atoms with Gasteiger partial charge in [-0.3, -0.25) is 0 Å². The van der Waals surface area contributed by atoms with E-state index in [2.05, 4.69) is 0 Å². The molecule has 0 saturated carbocycles. The standard InChI is InChI=1S/C11H22O3/c1-4-14-11(2,3)10(12)9-6-5-7-13-8-9/h9-10,12H,4-8H2,1-3H3. The second-order valence-corrected chi connectivity index (χ2v) is 4.46. The lowest BCUT2D eigenvalue weighted by molar-refractivity contribution is -0.136. The second-order valence-electron chi connectivity index (χ2n) is 4.46. The molecule has 1 aliphatic heterocycles. The first-order valence-corrected chi connectivity index (χ1v) is 5.47. The summed E-state index contributed by atoms with van der Waals surface area (Å²) in [7, 11) is 0. The molecule has 1 saturated heterocycles. The van der Waals surface area contributed by atoms with Crippen molar-refractivity contribution in [1.29, 1.82) is 0 Å². The topological polar surface area (TPSA) is 38.7 Å². The van der Waals surface area contributed by atoms with Crippen molar-refractivity contribution in [2.75, 3.05) is 19.8 Å². The minimum Gasteiger partial charge on any atom is -0.390 e. The molecule has 0 aromatic heterocycles. The zero-order valence-corrected chi connectivity index (χ0v) is 9.45. The molecule has 14 heavy (non-hydrogen) atoms. The molecule has 0 aliphatic carbocycles. The minimum absolute atomic E-state index is 0.227. The van der Waals surface area contributed by atoms with E-state index in [4.69, 9.17) is 9.47 Å². The predicted octanol–water partition coefficient (Wildman–Crippen LogP) is 1.59. The molecule has 1 aliphatic rings. The van der Waals surface area contributed by atoms with Gasteiger partial charge in [0, 0.05) is 19.1 Å². The average Bonchev–Trinajstić information content (AvgIpc) is 2.18. The van der Waals surface area contributed by atoms with E-state index < -0.39 is 11.7 Å². The van der Waals surface area contributed by atoms with Crippen molar-refractivity contribution in [3.8, 4) is 0 Å². The van der Waals surface area contributed by atoms with Crippen LogP contribution in [0.4, 0.5) is 0 Å². The number of rotatable bonds is 4. The van der Waals surface area contributed by atoms with Crippen LogP contribution >= 0.6 is 0 Å². The molecule has 2 atom stereocenters. The van der Waals surface area contributed by atoms with Crippen LogP contribution in [-0.2, 0) is 9.47 Å². The molecule has 0 amide bonds. The predicted molar refractivity (Wildman–Crippen MR) is 55.3 cm³/mol. The summed E-state index contributed by atoms with van der Waals surface area (Å²) in [6, 6.07) is 0. The van der Waals surface area contributed by atoms with Crippen LogP contribution in [0.5, 0.6) is 0 Å². The fourth-order valence-corrected chi connectivity index (χ4v) is 2.04. The van der Waals surface area contributed by atoms with Crippen molar-refractivity contribution < 1.29 is 14.6 Å². The van der Waals surface area contributed by atoms with Crippen LogP contribution < -0.4 is 0 Å². The summed E-state index contributed by atoms with van der Waals surface area (Å²) >= 11 is 0. The normalized spacial score (nSPS) is 26.1. The van der Waals surface area contributed by atoms with E-state index in [1.807, 2.05) is 20.8 Å². The molecule has 0 bridgehead atoms. The van der Waals surface area contributed by atoms with Gasteiger partial charge in [-0.15, -0.1) is 0 Å². The van der Waals surface area contributed by atoms with E-state index in [0.29, 0.717) is 13.2 Å². The van der Waals surface area contributed by atoms with E-state index in [-0.39, 0.29) is 5.92 Å². The van der Waals surface area contributed by atoms with Crippen LogP contribution in [0.3, 0.4) is 0 Å². The first-order valence-electron chi connectivity index (χ1n) is 5.47. The molecule has 1 N–H and O–H groups in total. The van der Waals surface area contributed by atoms with Gasteiger partial charge in [0.25, 0.3) is 0 Å². The molecule has 84 valence electrons. The van der Waals surface area contributed by atoms with Crippen molar-refractivity contribution in [3.63, 3.8) is 0 Å². The van der Waals surface area contributed by atoms with Gasteiger partial charge < -0.3 is 14.6 Å². The van der Waals surface area contributed by atoms with Crippen LogP contribution in [0.1, 0.15) is 33.6 Å². The number of hydrogen-bond donors (Lipinski definition) is 1. The Balaban J connectivity index is 2.48. The van der Waals surface area contributed by atoms with Crippen molar-refractivity contribution in [3.05, 3.63) is 0 Å². The maximum absolute atomic E-state index is 10.1. The molecule has 0 radical (unpaired) electrons. The first-order chi connectivity index (χ1) is 6.58. The van der Waals surface area contributed by atoms with Gasteiger partial charge in [0.2, 0.25) is 0 Å². The van der Waals surface area contributed by atoms with Crippen LogP contribution in [-0.4, -0.2) is 36.6 Å². The summed E-state index contributed by atoms with van der Waals surface area (Å²) in [6.07, 6.45) is 1.66. The summed E-state index contributed by atoms with van der Waals surface area (Å²) in [6.45, 7) is 7.96. The largest absolute Gasteiger partial charge is 0.390 e. The van der Waals surface area contributed by atoms with Gasteiger partial charge >= 0.3 is 0 Å². The Morgan fingerprint density at radius 2 is 2.29 bits per heavy atom. The molecule has 1 rings (SSSR count). The zero-order chi connectivity index (χ0) is 10.6. The number of aliphatic hydroxyl groups is 1.